The summed E-state index contributed by atoms with van der Waals surface area (Å²) in [4.78, 5) is 15.5. The minimum atomic E-state index is 0.205. The van der Waals surface area contributed by atoms with Crippen LogP contribution in [-0.2, 0) is 0 Å². The number of hydrogen-bond donors (Lipinski definition) is 1. The van der Waals surface area contributed by atoms with E-state index in [1.54, 1.807) is 13.3 Å². The number of ether oxygens (including phenoxy) is 1. The first kappa shape index (κ1) is 21.4. The van der Waals surface area contributed by atoms with Gasteiger partial charge in [-0.15, -0.1) is 0 Å². The van der Waals surface area contributed by atoms with E-state index in [9.17, 15) is 0 Å². The number of nitrogens with two attached hydrogens (primary N) is 1. The molecule has 0 fully saturated rings. The Balaban J connectivity index is 1.67. The zero-order valence-corrected chi connectivity index (χ0v) is 19.4. The molecule has 0 spiro atoms. The Labute approximate surface area is 198 Å². The van der Waals surface area contributed by atoms with Crippen LogP contribution in [0.1, 0.15) is 0 Å². The van der Waals surface area contributed by atoms with E-state index in [4.69, 9.17) is 15.5 Å². The van der Waals surface area contributed by atoms with Crippen molar-refractivity contribution in [2.24, 2.45) is 0 Å². The molecule has 5 rings (SSSR count). The fraction of sp³-hybridized carbons (Fsp3) is 0.107. The number of pyridine rings is 1. The van der Waals surface area contributed by atoms with Gasteiger partial charge in [-0.05, 0) is 58.7 Å². The number of benzene rings is 3. The molecule has 0 radical (unpaired) electrons. The van der Waals surface area contributed by atoms with Crippen LogP contribution in [0.3, 0.4) is 0 Å². The average Bonchev–Trinajstić information content (AvgIpc) is 2.88. The first-order valence-electron chi connectivity index (χ1n) is 11.0. The molecule has 0 aliphatic carbocycles. The molecule has 0 aliphatic rings. The number of fused-ring (bicyclic) bond motifs is 1. The van der Waals surface area contributed by atoms with E-state index in [0.717, 1.165) is 50.3 Å². The van der Waals surface area contributed by atoms with Crippen molar-refractivity contribution in [2.75, 3.05) is 31.8 Å². The molecule has 34 heavy (non-hydrogen) atoms. The van der Waals surface area contributed by atoms with E-state index in [0.29, 0.717) is 5.65 Å². The average molecular weight is 448 g/mol. The molecule has 6 nitrogen and oxygen atoms in total. The van der Waals surface area contributed by atoms with Crippen LogP contribution in [0.2, 0.25) is 0 Å². The van der Waals surface area contributed by atoms with E-state index < -0.39 is 0 Å². The van der Waals surface area contributed by atoms with Crippen molar-refractivity contribution in [1.82, 2.24) is 15.0 Å². The summed E-state index contributed by atoms with van der Waals surface area (Å²) < 4.78 is 5.41. The maximum atomic E-state index is 5.90. The number of nitrogens with zero attached hydrogens (tertiary/aromatic N) is 4. The molecular formula is C28H25N5O. The van der Waals surface area contributed by atoms with Crippen LogP contribution in [0.4, 0.5) is 11.6 Å². The third-order valence-corrected chi connectivity index (χ3v) is 5.84. The largest absolute Gasteiger partial charge is 0.497 e. The van der Waals surface area contributed by atoms with Crippen LogP contribution >= 0.6 is 0 Å². The van der Waals surface area contributed by atoms with Gasteiger partial charge < -0.3 is 15.4 Å². The number of aromatic nitrogens is 3. The molecule has 0 amide bonds. The van der Waals surface area contributed by atoms with Crippen molar-refractivity contribution in [1.29, 1.82) is 0 Å². The van der Waals surface area contributed by atoms with Crippen molar-refractivity contribution in [2.45, 2.75) is 0 Å². The minimum absolute atomic E-state index is 0.205. The number of methoxy groups -OCH3 is 1. The lowest BCUT2D eigenvalue weighted by Gasteiger charge is -2.14. The molecule has 168 valence electrons. The summed E-state index contributed by atoms with van der Waals surface area (Å²) in [5.41, 5.74) is 13.7. The van der Waals surface area contributed by atoms with Gasteiger partial charge in [0.25, 0.3) is 0 Å². The van der Waals surface area contributed by atoms with Gasteiger partial charge in [0.05, 0.1) is 12.8 Å². The normalized spacial score (nSPS) is 10.9. The Morgan fingerprint density at radius 1 is 0.765 bits per heavy atom. The highest BCUT2D eigenvalue weighted by Crippen LogP contribution is 2.34. The molecule has 0 unspecified atom stereocenters. The summed E-state index contributed by atoms with van der Waals surface area (Å²) in [7, 11) is 5.73. The Morgan fingerprint density at radius 2 is 1.47 bits per heavy atom. The van der Waals surface area contributed by atoms with Gasteiger partial charge in [-0.3, -0.25) is 0 Å². The molecule has 3 aromatic carbocycles. The SMILES string of the molecule is COc1cccc(-c2cccc(-c3cc(-c4ccc(N(C)C)cc4)nc4nc(N)ncc34)c2)c1. The molecule has 0 saturated heterocycles. The lowest BCUT2D eigenvalue weighted by Crippen LogP contribution is -2.08. The second kappa shape index (κ2) is 8.83. The molecule has 0 aliphatic heterocycles. The second-order valence-corrected chi connectivity index (χ2v) is 8.27. The molecule has 0 atom stereocenters. The van der Waals surface area contributed by atoms with Crippen molar-refractivity contribution in [3.63, 3.8) is 0 Å². The predicted octanol–water partition coefficient (Wildman–Crippen LogP) is 5.68. The zero-order chi connectivity index (χ0) is 23.7. The van der Waals surface area contributed by atoms with Crippen LogP contribution in [0.25, 0.3) is 44.5 Å². The standard InChI is InChI=1S/C28H25N5O/c1-33(2)22-12-10-18(11-13-22)26-16-24(25-17-30-28(29)32-27(25)31-26)21-8-4-6-19(14-21)20-7-5-9-23(15-20)34-3/h4-17H,1-3H3,(H2,29,30,31,32). The van der Waals surface area contributed by atoms with Crippen LogP contribution in [-0.4, -0.2) is 36.2 Å². The molecular weight excluding hydrogens is 422 g/mol. The van der Waals surface area contributed by atoms with Crippen molar-refractivity contribution < 1.29 is 4.74 Å². The summed E-state index contributed by atoms with van der Waals surface area (Å²) >= 11 is 0. The van der Waals surface area contributed by atoms with Gasteiger partial charge in [-0.1, -0.05) is 42.5 Å². The Kier molecular flexibility index (Phi) is 5.55. The van der Waals surface area contributed by atoms with E-state index >= 15 is 0 Å². The predicted molar refractivity (Wildman–Crippen MR) is 139 cm³/mol. The quantitative estimate of drug-likeness (QED) is 0.373. The minimum Gasteiger partial charge on any atom is -0.497 e. The number of rotatable bonds is 5. The van der Waals surface area contributed by atoms with Gasteiger partial charge in [0.1, 0.15) is 5.75 Å². The molecule has 2 heterocycles. The summed E-state index contributed by atoms with van der Waals surface area (Å²) in [6.45, 7) is 0. The van der Waals surface area contributed by atoms with Gasteiger partial charge in [0, 0.05) is 36.9 Å². The van der Waals surface area contributed by atoms with Crippen LogP contribution in [0.15, 0.2) is 85.1 Å². The van der Waals surface area contributed by atoms with Crippen molar-refractivity contribution in [3.8, 4) is 39.3 Å². The molecule has 0 bridgehead atoms. The summed E-state index contributed by atoms with van der Waals surface area (Å²) in [5.74, 6) is 1.03. The molecule has 5 aromatic rings. The van der Waals surface area contributed by atoms with E-state index in [1.165, 1.54) is 0 Å². The number of hydrogen-bond acceptors (Lipinski definition) is 6. The van der Waals surface area contributed by atoms with Gasteiger partial charge in [0.2, 0.25) is 5.95 Å². The summed E-state index contributed by atoms with van der Waals surface area (Å²) in [6, 6.07) is 26.9. The Hall–Kier alpha value is -4.45. The van der Waals surface area contributed by atoms with Gasteiger partial charge >= 0.3 is 0 Å². The van der Waals surface area contributed by atoms with Crippen molar-refractivity contribution in [3.05, 3.63) is 85.1 Å². The van der Waals surface area contributed by atoms with Crippen molar-refractivity contribution >= 4 is 22.7 Å². The summed E-state index contributed by atoms with van der Waals surface area (Å²) in [6.07, 6.45) is 1.75. The smallest absolute Gasteiger partial charge is 0.222 e. The number of nitrogen functional groups attached to an aromatic ring is 1. The van der Waals surface area contributed by atoms with Gasteiger partial charge in [0.15, 0.2) is 5.65 Å². The highest BCUT2D eigenvalue weighted by Gasteiger charge is 2.13. The fourth-order valence-corrected chi connectivity index (χ4v) is 4.01. The topological polar surface area (TPSA) is 77.2 Å². The summed E-state index contributed by atoms with van der Waals surface area (Å²) in [5, 5.41) is 0.852. The Morgan fingerprint density at radius 3 is 2.21 bits per heavy atom. The third kappa shape index (κ3) is 4.13. The lowest BCUT2D eigenvalue weighted by molar-refractivity contribution is 0.415. The number of anilines is 2. The Bertz CT molecular complexity index is 1480. The van der Waals surface area contributed by atoms with Crippen LogP contribution < -0.4 is 15.4 Å². The van der Waals surface area contributed by atoms with Gasteiger partial charge in [-0.25, -0.2) is 9.97 Å². The van der Waals surface area contributed by atoms with Crippen LogP contribution in [0, 0.1) is 0 Å². The van der Waals surface area contributed by atoms with Crippen LogP contribution in [0.5, 0.6) is 5.75 Å². The lowest BCUT2D eigenvalue weighted by atomic mass is 9.96. The maximum Gasteiger partial charge on any atom is 0.222 e. The second-order valence-electron chi connectivity index (χ2n) is 8.27. The van der Waals surface area contributed by atoms with E-state index in [1.807, 2.05) is 32.3 Å². The first-order valence-corrected chi connectivity index (χ1v) is 11.0. The first-order chi connectivity index (χ1) is 16.5. The highest BCUT2D eigenvalue weighted by molar-refractivity contribution is 5.95. The monoisotopic (exact) mass is 447 g/mol. The molecule has 6 heteroatoms. The van der Waals surface area contributed by atoms with E-state index in [2.05, 4.69) is 75.5 Å². The van der Waals surface area contributed by atoms with Gasteiger partial charge in [-0.2, -0.15) is 4.98 Å². The maximum absolute atomic E-state index is 5.90. The van der Waals surface area contributed by atoms with E-state index in [-0.39, 0.29) is 5.95 Å². The molecule has 2 N–H and O–H groups in total. The fourth-order valence-electron chi connectivity index (χ4n) is 4.01. The molecule has 0 saturated carbocycles. The highest BCUT2D eigenvalue weighted by atomic mass is 16.5. The molecule has 2 aromatic heterocycles. The zero-order valence-electron chi connectivity index (χ0n) is 19.4. The third-order valence-electron chi connectivity index (χ3n) is 5.84.